The van der Waals surface area contributed by atoms with Crippen LogP contribution in [0.3, 0.4) is 0 Å². The number of amides is 1. The molecule has 0 radical (unpaired) electrons. The van der Waals surface area contributed by atoms with E-state index in [4.69, 9.17) is 5.11 Å². The Hall–Kier alpha value is -2.18. The Labute approximate surface area is 104 Å². The zero-order valence-electron chi connectivity index (χ0n) is 10.1. The Kier molecular flexibility index (Phi) is 5.04. The normalized spacial score (nSPS) is 10.1. The first-order valence-corrected chi connectivity index (χ1v) is 5.55. The van der Waals surface area contributed by atoms with E-state index in [1.165, 1.54) is 21.9 Å². The largest absolute Gasteiger partial charge is 0.481 e. The third-order valence-corrected chi connectivity index (χ3v) is 2.42. The Morgan fingerprint density at radius 3 is 2.78 bits per heavy atom. The van der Waals surface area contributed by atoms with Gasteiger partial charge in [-0.2, -0.15) is 0 Å². The second-order valence-corrected chi connectivity index (χ2v) is 3.65. The fourth-order valence-corrected chi connectivity index (χ4v) is 1.44. The summed E-state index contributed by atoms with van der Waals surface area (Å²) in [7, 11) is 0. The van der Waals surface area contributed by atoms with Gasteiger partial charge in [0.1, 0.15) is 6.54 Å². The zero-order valence-corrected chi connectivity index (χ0v) is 10.1. The summed E-state index contributed by atoms with van der Waals surface area (Å²) in [5, 5.41) is 8.57. The molecule has 0 spiro atoms. The number of carbonyl (C=O) groups excluding carboxylic acids is 1. The summed E-state index contributed by atoms with van der Waals surface area (Å²) in [6.07, 6.45) is 2.71. The molecule has 7 heteroatoms. The van der Waals surface area contributed by atoms with Gasteiger partial charge in [-0.3, -0.25) is 14.2 Å². The number of hydrogen-bond donors (Lipinski definition) is 1. The molecule has 1 amide bonds. The van der Waals surface area contributed by atoms with Crippen LogP contribution >= 0.6 is 0 Å². The molecule has 0 saturated heterocycles. The van der Waals surface area contributed by atoms with Crippen LogP contribution in [0.2, 0.25) is 0 Å². The Bertz CT molecular complexity index is 483. The summed E-state index contributed by atoms with van der Waals surface area (Å²) >= 11 is 0. The van der Waals surface area contributed by atoms with E-state index in [0.717, 1.165) is 0 Å². The maximum Gasteiger partial charge on any atom is 0.347 e. The molecule has 0 aliphatic heterocycles. The number of aliphatic carboxylic acids is 1. The fourth-order valence-electron chi connectivity index (χ4n) is 1.44. The number of carboxylic acid groups (broad SMARTS) is 1. The second kappa shape index (κ2) is 6.53. The molecule has 1 heterocycles. The fraction of sp³-hybridized carbons (Fsp3) is 0.455. The SMILES string of the molecule is CCN(CCC(=O)O)C(=O)Cn1cccnc1=O. The summed E-state index contributed by atoms with van der Waals surface area (Å²) in [5.41, 5.74) is -0.500. The molecule has 7 nitrogen and oxygen atoms in total. The van der Waals surface area contributed by atoms with E-state index in [0.29, 0.717) is 6.54 Å². The molecule has 0 atom stereocenters. The molecular formula is C11H15N3O4. The van der Waals surface area contributed by atoms with E-state index < -0.39 is 11.7 Å². The third kappa shape index (κ3) is 4.00. The van der Waals surface area contributed by atoms with Crippen LogP contribution in [0.5, 0.6) is 0 Å². The van der Waals surface area contributed by atoms with Crippen molar-refractivity contribution in [2.45, 2.75) is 19.9 Å². The van der Waals surface area contributed by atoms with Crippen molar-refractivity contribution in [3.63, 3.8) is 0 Å². The zero-order chi connectivity index (χ0) is 13.5. The molecule has 0 aliphatic rings. The average Bonchev–Trinajstić information content (AvgIpc) is 2.32. The highest BCUT2D eigenvalue weighted by molar-refractivity contribution is 5.76. The third-order valence-electron chi connectivity index (χ3n) is 2.42. The first-order chi connectivity index (χ1) is 8.54. The van der Waals surface area contributed by atoms with Gasteiger partial charge in [0.15, 0.2) is 0 Å². The van der Waals surface area contributed by atoms with Gasteiger partial charge in [-0.25, -0.2) is 9.78 Å². The molecule has 0 fully saturated rings. The van der Waals surface area contributed by atoms with Crippen molar-refractivity contribution in [3.05, 3.63) is 28.9 Å². The van der Waals surface area contributed by atoms with Gasteiger partial charge in [0.05, 0.1) is 6.42 Å². The smallest absolute Gasteiger partial charge is 0.347 e. The monoisotopic (exact) mass is 253 g/mol. The van der Waals surface area contributed by atoms with Crippen LogP contribution in [-0.2, 0) is 16.1 Å². The van der Waals surface area contributed by atoms with E-state index in [1.807, 2.05) is 0 Å². The lowest BCUT2D eigenvalue weighted by molar-refractivity contribution is -0.138. The molecule has 18 heavy (non-hydrogen) atoms. The Balaban J connectivity index is 2.65. The van der Waals surface area contributed by atoms with Gasteiger partial charge in [0.2, 0.25) is 5.91 Å². The highest BCUT2D eigenvalue weighted by atomic mass is 16.4. The lowest BCUT2D eigenvalue weighted by atomic mass is 10.3. The molecular weight excluding hydrogens is 238 g/mol. The van der Waals surface area contributed by atoms with Gasteiger partial charge >= 0.3 is 11.7 Å². The number of likely N-dealkylation sites (N-methyl/N-ethyl adjacent to an activating group) is 1. The number of hydrogen-bond acceptors (Lipinski definition) is 4. The molecule has 1 N–H and O–H groups in total. The summed E-state index contributed by atoms with van der Waals surface area (Å²) in [4.78, 5) is 38.6. The minimum Gasteiger partial charge on any atom is -0.481 e. The second-order valence-electron chi connectivity index (χ2n) is 3.65. The summed E-state index contributed by atoms with van der Waals surface area (Å²) in [5.74, 6) is -1.26. The average molecular weight is 253 g/mol. The van der Waals surface area contributed by atoms with Crippen molar-refractivity contribution in [2.75, 3.05) is 13.1 Å². The van der Waals surface area contributed by atoms with Gasteiger partial charge < -0.3 is 10.0 Å². The lowest BCUT2D eigenvalue weighted by Crippen LogP contribution is -2.37. The van der Waals surface area contributed by atoms with Crippen molar-refractivity contribution < 1.29 is 14.7 Å². The van der Waals surface area contributed by atoms with Gasteiger partial charge in [-0.15, -0.1) is 0 Å². The summed E-state index contributed by atoms with van der Waals surface area (Å²) < 4.78 is 1.19. The van der Waals surface area contributed by atoms with Crippen LogP contribution in [0, 0.1) is 0 Å². The minimum atomic E-state index is -0.959. The quantitative estimate of drug-likeness (QED) is 0.742. The highest BCUT2D eigenvalue weighted by Crippen LogP contribution is 1.95. The molecule has 98 valence electrons. The number of aromatic nitrogens is 2. The molecule has 0 unspecified atom stereocenters. The van der Waals surface area contributed by atoms with Crippen molar-refractivity contribution in [1.82, 2.24) is 14.5 Å². The standard InChI is InChI=1S/C11H15N3O4/c1-2-13(7-4-10(16)17)9(15)8-14-6-3-5-12-11(14)18/h3,5-6H,2,4,7-8H2,1H3,(H,16,17). The van der Waals surface area contributed by atoms with Crippen molar-refractivity contribution in [2.24, 2.45) is 0 Å². The lowest BCUT2D eigenvalue weighted by Gasteiger charge is -2.20. The highest BCUT2D eigenvalue weighted by Gasteiger charge is 2.13. The molecule has 0 bridgehead atoms. The maximum atomic E-state index is 11.9. The van der Waals surface area contributed by atoms with E-state index in [1.54, 1.807) is 13.0 Å². The first-order valence-electron chi connectivity index (χ1n) is 5.55. The predicted octanol–water partition coefficient (Wildman–Crippen LogP) is -0.434. The van der Waals surface area contributed by atoms with Crippen molar-refractivity contribution in [3.8, 4) is 0 Å². The Morgan fingerprint density at radius 2 is 2.22 bits per heavy atom. The van der Waals surface area contributed by atoms with Gasteiger partial charge in [0.25, 0.3) is 0 Å². The van der Waals surface area contributed by atoms with Crippen LogP contribution in [0.1, 0.15) is 13.3 Å². The van der Waals surface area contributed by atoms with Crippen molar-refractivity contribution >= 4 is 11.9 Å². The summed E-state index contributed by atoms with van der Waals surface area (Å²) in [6, 6.07) is 1.56. The molecule has 0 saturated carbocycles. The number of carbonyl (C=O) groups is 2. The predicted molar refractivity (Wildman–Crippen MR) is 63.0 cm³/mol. The molecule has 1 aromatic rings. The maximum absolute atomic E-state index is 11.9. The number of rotatable bonds is 6. The van der Waals surface area contributed by atoms with Crippen molar-refractivity contribution in [1.29, 1.82) is 0 Å². The molecule has 0 aliphatic carbocycles. The topological polar surface area (TPSA) is 92.5 Å². The van der Waals surface area contributed by atoms with Crippen LogP contribution in [0.25, 0.3) is 0 Å². The van der Waals surface area contributed by atoms with Crippen LogP contribution < -0.4 is 5.69 Å². The van der Waals surface area contributed by atoms with Crippen LogP contribution in [-0.4, -0.2) is 44.5 Å². The first kappa shape index (κ1) is 13.9. The van der Waals surface area contributed by atoms with E-state index >= 15 is 0 Å². The number of carboxylic acids is 1. The van der Waals surface area contributed by atoms with Gasteiger partial charge in [-0.1, -0.05) is 0 Å². The summed E-state index contributed by atoms with van der Waals surface area (Å²) in [6.45, 7) is 2.17. The van der Waals surface area contributed by atoms with E-state index in [-0.39, 0.29) is 25.4 Å². The Morgan fingerprint density at radius 1 is 1.50 bits per heavy atom. The van der Waals surface area contributed by atoms with E-state index in [9.17, 15) is 14.4 Å². The van der Waals surface area contributed by atoms with E-state index in [2.05, 4.69) is 4.98 Å². The molecule has 1 aromatic heterocycles. The molecule has 1 rings (SSSR count). The number of nitrogens with zero attached hydrogens (tertiary/aromatic N) is 3. The molecule has 0 aromatic carbocycles. The van der Waals surface area contributed by atoms with Gasteiger partial charge in [0, 0.05) is 25.5 Å². The van der Waals surface area contributed by atoms with Crippen LogP contribution in [0.15, 0.2) is 23.3 Å². The van der Waals surface area contributed by atoms with Gasteiger partial charge in [-0.05, 0) is 13.0 Å². The minimum absolute atomic E-state index is 0.110. The van der Waals surface area contributed by atoms with Crippen LogP contribution in [0.4, 0.5) is 0 Å².